The van der Waals surface area contributed by atoms with Crippen LogP contribution >= 0.6 is 15.9 Å². The van der Waals surface area contributed by atoms with Crippen molar-refractivity contribution < 1.29 is 22.7 Å². The zero-order chi connectivity index (χ0) is 17.1. The molecule has 2 heterocycles. The number of para-hydroxylation sites is 2. The van der Waals surface area contributed by atoms with Gasteiger partial charge in [-0.25, -0.2) is 8.78 Å². The van der Waals surface area contributed by atoms with Gasteiger partial charge in [-0.15, -0.1) is 0 Å². The molecule has 4 aromatic rings. The van der Waals surface area contributed by atoms with Crippen LogP contribution in [0.2, 0.25) is 0 Å². The minimum atomic E-state index is -0.396. The predicted molar refractivity (Wildman–Crippen MR) is 90.9 cm³/mol. The smallest absolute Gasteiger partial charge is 0.170 e. The van der Waals surface area contributed by atoms with Crippen LogP contribution in [0.3, 0.4) is 0 Å². The Morgan fingerprint density at radius 3 is 1.79 bits per heavy atom. The monoisotopic (exact) mass is 394 g/mol. The first kappa shape index (κ1) is 16.7. The van der Waals surface area contributed by atoms with Crippen molar-refractivity contribution in [1.29, 1.82) is 0 Å². The van der Waals surface area contributed by atoms with Gasteiger partial charge in [-0.3, -0.25) is 0 Å². The number of hydrogen-bond donors (Lipinski definition) is 1. The minimum absolute atomic E-state index is 0.200. The molecule has 124 valence electrons. The quantitative estimate of drug-likeness (QED) is 0.454. The number of hydrogen-bond acceptors (Lipinski definition) is 3. The van der Waals surface area contributed by atoms with E-state index in [1.54, 1.807) is 24.3 Å². The molecule has 0 spiro atoms. The molecule has 0 unspecified atom stereocenters. The Labute approximate surface area is 144 Å². The zero-order valence-corrected chi connectivity index (χ0v) is 14.0. The summed E-state index contributed by atoms with van der Waals surface area (Å²) in [6.07, 6.45) is 0. The molecule has 24 heavy (non-hydrogen) atoms. The number of alkyl halides is 1. The van der Waals surface area contributed by atoms with E-state index in [1.165, 1.54) is 12.1 Å². The molecule has 0 saturated heterocycles. The Hall–Kier alpha value is -2.18. The fraction of sp³-hybridized carbons (Fsp3) is 0.111. The van der Waals surface area contributed by atoms with Crippen molar-refractivity contribution in [3.05, 3.63) is 71.7 Å². The third kappa shape index (κ3) is 3.34. The van der Waals surface area contributed by atoms with Crippen LogP contribution < -0.4 is 0 Å². The minimum Gasteiger partial charge on any atom is -0.457 e. The predicted octanol–water partition coefficient (Wildman–Crippen LogP) is 5.53. The number of halogens is 3. The van der Waals surface area contributed by atoms with Gasteiger partial charge < -0.3 is 13.9 Å². The third-order valence-corrected chi connectivity index (χ3v) is 3.93. The molecule has 0 aliphatic heterocycles. The molecule has 6 heteroatoms. The lowest BCUT2D eigenvalue weighted by Gasteiger charge is -1.88. The van der Waals surface area contributed by atoms with Crippen molar-refractivity contribution in [3.63, 3.8) is 0 Å². The second-order valence-electron chi connectivity index (χ2n) is 5.03. The van der Waals surface area contributed by atoms with Gasteiger partial charge in [-0.2, -0.15) is 0 Å². The van der Waals surface area contributed by atoms with E-state index in [0.717, 1.165) is 11.1 Å². The van der Waals surface area contributed by atoms with Crippen LogP contribution in [0.15, 0.2) is 57.4 Å². The van der Waals surface area contributed by atoms with Gasteiger partial charge in [0.25, 0.3) is 0 Å². The standard InChI is InChI=1S/C9H6BrFO.C9H7FO2/c10-5-7-4-6-2-1-3-8(11)9(6)12-7;10-8-3-1-2-6-4-7(5-11)12-9(6)8/h1-4H,5H2;1-4,11H,5H2. The molecule has 0 radical (unpaired) electrons. The van der Waals surface area contributed by atoms with E-state index < -0.39 is 5.82 Å². The molecule has 0 aliphatic carbocycles. The molecular formula is C18H13BrF2O3. The highest BCUT2D eigenvalue weighted by Crippen LogP contribution is 2.23. The van der Waals surface area contributed by atoms with Crippen molar-refractivity contribution in [3.8, 4) is 0 Å². The lowest BCUT2D eigenvalue weighted by molar-refractivity contribution is 0.250. The van der Waals surface area contributed by atoms with E-state index >= 15 is 0 Å². The highest BCUT2D eigenvalue weighted by atomic mass is 79.9. The number of fused-ring (bicyclic) bond motifs is 2. The molecule has 4 rings (SSSR count). The molecule has 0 atom stereocenters. The molecule has 2 aromatic carbocycles. The van der Waals surface area contributed by atoms with Gasteiger partial charge in [0.1, 0.15) is 18.1 Å². The Morgan fingerprint density at radius 1 is 0.833 bits per heavy atom. The molecule has 0 saturated carbocycles. The van der Waals surface area contributed by atoms with Gasteiger partial charge in [0.15, 0.2) is 22.8 Å². The number of furan rings is 2. The summed E-state index contributed by atoms with van der Waals surface area (Å²) in [5.74, 6) is 0.428. The maximum atomic E-state index is 13.0. The lowest BCUT2D eigenvalue weighted by Crippen LogP contribution is -1.73. The molecule has 0 aliphatic rings. The van der Waals surface area contributed by atoms with Gasteiger partial charge in [-0.1, -0.05) is 40.2 Å². The number of benzene rings is 2. The Morgan fingerprint density at radius 2 is 1.33 bits per heavy atom. The van der Waals surface area contributed by atoms with Crippen molar-refractivity contribution in [2.75, 3.05) is 0 Å². The lowest BCUT2D eigenvalue weighted by atomic mass is 10.2. The van der Waals surface area contributed by atoms with Gasteiger partial charge >= 0.3 is 0 Å². The summed E-state index contributed by atoms with van der Waals surface area (Å²) in [5, 5.41) is 10.8. The van der Waals surface area contributed by atoms with Crippen molar-refractivity contribution in [2.45, 2.75) is 11.9 Å². The molecule has 0 bridgehead atoms. The fourth-order valence-corrected chi connectivity index (χ4v) is 2.58. The summed E-state index contributed by atoms with van der Waals surface area (Å²) in [5.41, 5.74) is 0.550. The molecule has 2 aromatic heterocycles. The molecule has 3 nitrogen and oxygen atoms in total. The van der Waals surface area contributed by atoms with Crippen molar-refractivity contribution in [1.82, 2.24) is 0 Å². The maximum absolute atomic E-state index is 13.0. The number of aliphatic hydroxyl groups is 1. The van der Waals surface area contributed by atoms with Crippen molar-refractivity contribution >= 4 is 37.9 Å². The van der Waals surface area contributed by atoms with Crippen LogP contribution in [-0.2, 0) is 11.9 Å². The molecule has 0 amide bonds. The van der Waals surface area contributed by atoms with E-state index in [2.05, 4.69) is 15.9 Å². The summed E-state index contributed by atoms with van der Waals surface area (Å²) in [6, 6.07) is 13.0. The van der Waals surface area contributed by atoms with Crippen molar-refractivity contribution in [2.24, 2.45) is 0 Å². The van der Waals surface area contributed by atoms with Crippen LogP contribution in [0, 0.1) is 11.6 Å². The average molecular weight is 395 g/mol. The first-order valence-electron chi connectivity index (χ1n) is 7.13. The van der Waals surface area contributed by atoms with Gasteiger partial charge in [0, 0.05) is 10.8 Å². The van der Waals surface area contributed by atoms with E-state index in [4.69, 9.17) is 13.9 Å². The maximum Gasteiger partial charge on any atom is 0.170 e. The molecular weight excluding hydrogens is 382 g/mol. The number of rotatable bonds is 2. The van der Waals surface area contributed by atoms with Gasteiger partial charge in [0.2, 0.25) is 0 Å². The fourth-order valence-electron chi connectivity index (χ4n) is 2.31. The normalized spacial score (nSPS) is 10.8. The topological polar surface area (TPSA) is 46.5 Å². The SMILES string of the molecule is Fc1cccc2cc(CBr)oc12.OCc1cc2cccc(F)c2o1. The Bertz CT molecular complexity index is 895. The van der Waals surface area contributed by atoms with Gasteiger partial charge in [-0.05, 0) is 24.3 Å². The van der Waals surface area contributed by atoms with Crippen LogP contribution in [0.5, 0.6) is 0 Å². The summed E-state index contributed by atoms with van der Waals surface area (Å²) in [7, 11) is 0. The molecule has 0 fully saturated rings. The Kier molecular flexibility index (Phi) is 4.97. The third-order valence-electron chi connectivity index (χ3n) is 3.38. The summed E-state index contributed by atoms with van der Waals surface area (Å²) < 4.78 is 36.2. The zero-order valence-electron chi connectivity index (χ0n) is 12.4. The summed E-state index contributed by atoms with van der Waals surface area (Å²) in [6.45, 7) is -0.200. The first-order valence-corrected chi connectivity index (χ1v) is 8.25. The Balaban J connectivity index is 0.000000141. The van der Waals surface area contributed by atoms with Crippen LogP contribution in [0.1, 0.15) is 11.5 Å². The largest absolute Gasteiger partial charge is 0.457 e. The van der Waals surface area contributed by atoms with E-state index in [1.807, 2.05) is 12.1 Å². The molecule has 1 N–H and O–H groups in total. The van der Waals surface area contributed by atoms with Gasteiger partial charge in [0.05, 0.1) is 5.33 Å². The first-order chi connectivity index (χ1) is 11.6. The van der Waals surface area contributed by atoms with Crippen LogP contribution in [-0.4, -0.2) is 5.11 Å². The second-order valence-corrected chi connectivity index (χ2v) is 5.59. The highest BCUT2D eigenvalue weighted by Gasteiger charge is 2.06. The van der Waals surface area contributed by atoms with Crippen LogP contribution in [0.25, 0.3) is 21.9 Å². The van der Waals surface area contributed by atoms with E-state index in [9.17, 15) is 8.78 Å². The highest BCUT2D eigenvalue weighted by molar-refractivity contribution is 9.08. The number of aliphatic hydroxyl groups excluding tert-OH is 1. The van der Waals surface area contributed by atoms with Crippen LogP contribution in [0.4, 0.5) is 8.78 Å². The summed E-state index contributed by atoms with van der Waals surface area (Å²) >= 11 is 3.24. The van der Waals surface area contributed by atoms with E-state index in [-0.39, 0.29) is 18.0 Å². The van der Waals surface area contributed by atoms with E-state index in [0.29, 0.717) is 22.1 Å². The average Bonchev–Trinajstić information content (AvgIpc) is 3.20. The summed E-state index contributed by atoms with van der Waals surface area (Å²) in [4.78, 5) is 0. The second kappa shape index (κ2) is 7.15.